The molecular weight excluding hydrogens is 422 g/mol. The maximum atomic E-state index is 5.50. The molecule has 0 bridgehead atoms. The number of rotatable bonds is 24. The summed E-state index contributed by atoms with van der Waals surface area (Å²) in [6, 6.07) is 0. The smallest absolute Gasteiger partial charge is 0.106 e. The van der Waals surface area contributed by atoms with Crippen LogP contribution >= 0.6 is 0 Å². The molecule has 1 N–H and O–H groups in total. The lowest BCUT2D eigenvalue weighted by atomic mass is 10.0. The first-order valence-electron chi connectivity index (χ1n) is 13.2. The number of unbranched alkanes of at least 4 members (excludes halogenated alkanes) is 21. The highest BCUT2D eigenvalue weighted by atomic mass is 79.9. The SMILES string of the molecule is CCCCCCCCCCCCCCCCCCCCCCCCO[NH+](C)C.[Br-]. The molecule has 178 valence electrons. The molecule has 0 aliphatic carbocycles. The summed E-state index contributed by atoms with van der Waals surface area (Å²) in [5.74, 6) is 0. The van der Waals surface area contributed by atoms with Gasteiger partial charge in [-0.1, -0.05) is 142 Å². The van der Waals surface area contributed by atoms with Crippen LogP contribution in [0.2, 0.25) is 0 Å². The molecule has 0 fully saturated rings. The number of nitrogens with one attached hydrogen (secondary N) is 1. The molecule has 0 aromatic rings. The van der Waals surface area contributed by atoms with Crippen LogP contribution in [0.5, 0.6) is 0 Å². The first-order chi connectivity index (χ1) is 13.8. The molecule has 0 radical (unpaired) electrons. The molecule has 0 aliphatic heterocycles. The van der Waals surface area contributed by atoms with E-state index in [1.54, 1.807) is 0 Å². The lowest BCUT2D eigenvalue weighted by Crippen LogP contribution is -3.04. The number of hydroxylamine groups is 2. The molecule has 0 saturated heterocycles. The number of halogens is 1. The lowest BCUT2D eigenvalue weighted by molar-refractivity contribution is -1.06. The predicted molar refractivity (Wildman–Crippen MR) is 126 cm³/mol. The van der Waals surface area contributed by atoms with Crippen molar-refractivity contribution in [3.8, 4) is 0 Å². The monoisotopic (exact) mass is 477 g/mol. The van der Waals surface area contributed by atoms with Gasteiger partial charge in [-0.05, 0) is 6.42 Å². The van der Waals surface area contributed by atoms with Crippen molar-refractivity contribution in [1.82, 2.24) is 0 Å². The van der Waals surface area contributed by atoms with Gasteiger partial charge in [-0.3, -0.25) is 0 Å². The Morgan fingerprint density at radius 2 is 0.655 bits per heavy atom. The summed E-state index contributed by atoms with van der Waals surface area (Å²) in [5.41, 5.74) is 0. The van der Waals surface area contributed by atoms with E-state index in [0.717, 1.165) is 11.7 Å². The Balaban J connectivity index is 0. The molecule has 0 aromatic carbocycles. The van der Waals surface area contributed by atoms with Crippen molar-refractivity contribution in [2.45, 2.75) is 148 Å². The van der Waals surface area contributed by atoms with Crippen molar-refractivity contribution in [2.75, 3.05) is 20.7 Å². The van der Waals surface area contributed by atoms with Crippen LogP contribution < -0.4 is 22.0 Å². The van der Waals surface area contributed by atoms with Crippen molar-refractivity contribution in [1.29, 1.82) is 0 Å². The second-order valence-corrected chi connectivity index (χ2v) is 9.18. The van der Waals surface area contributed by atoms with E-state index >= 15 is 0 Å². The molecule has 0 spiro atoms. The predicted octanol–water partition coefficient (Wildman–Crippen LogP) is 4.67. The zero-order chi connectivity index (χ0) is 20.5. The third kappa shape index (κ3) is 30.7. The van der Waals surface area contributed by atoms with Gasteiger partial charge in [-0.15, -0.1) is 0 Å². The summed E-state index contributed by atoms with van der Waals surface area (Å²) >= 11 is 0. The second kappa shape index (κ2) is 28.4. The van der Waals surface area contributed by atoms with Gasteiger partial charge < -0.3 is 17.0 Å². The van der Waals surface area contributed by atoms with Crippen LogP contribution in [0.1, 0.15) is 148 Å². The Morgan fingerprint density at radius 1 is 0.414 bits per heavy atom. The van der Waals surface area contributed by atoms with Crippen LogP contribution in [0.3, 0.4) is 0 Å². The average molecular weight is 479 g/mol. The van der Waals surface area contributed by atoms with Crippen LogP contribution in [0.15, 0.2) is 0 Å². The summed E-state index contributed by atoms with van der Waals surface area (Å²) in [5, 5.41) is 1.10. The van der Waals surface area contributed by atoms with Crippen molar-refractivity contribution >= 4 is 0 Å². The van der Waals surface area contributed by atoms with E-state index in [4.69, 9.17) is 4.84 Å². The fourth-order valence-corrected chi connectivity index (χ4v) is 3.99. The largest absolute Gasteiger partial charge is 1.00 e. The zero-order valence-electron chi connectivity index (χ0n) is 20.5. The van der Waals surface area contributed by atoms with Crippen molar-refractivity contribution in [3.05, 3.63) is 0 Å². The highest BCUT2D eigenvalue weighted by Gasteiger charge is 1.97. The molecule has 0 saturated carbocycles. The first-order valence-corrected chi connectivity index (χ1v) is 13.2. The summed E-state index contributed by atoms with van der Waals surface area (Å²) in [7, 11) is 4.08. The third-order valence-electron chi connectivity index (χ3n) is 5.89. The van der Waals surface area contributed by atoms with Crippen molar-refractivity contribution in [2.24, 2.45) is 0 Å². The van der Waals surface area contributed by atoms with E-state index in [0.29, 0.717) is 0 Å². The minimum atomic E-state index is 0. The molecule has 2 nitrogen and oxygen atoms in total. The topological polar surface area (TPSA) is 13.7 Å². The molecule has 3 heteroatoms. The lowest BCUT2D eigenvalue weighted by Gasteiger charge is -2.06. The zero-order valence-corrected chi connectivity index (χ0v) is 22.1. The molecule has 0 heterocycles. The van der Waals surface area contributed by atoms with Gasteiger partial charge in [-0.25, -0.2) is 4.84 Å². The number of hydrogen-bond donors (Lipinski definition) is 1. The summed E-state index contributed by atoms with van der Waals surface area (Å²) in [6.07, 6.45) is 31.8. The molecule has 0 rings (SSSR count). The Hall–Kier alpha value is 0.400. The Kier molecular flexibility index (Phi) is 30.9. The minimum Gasteiger partial charge on any atom is -1.00 e. The van der Waals surface area contributed by atoms with E-state index in [9.17, 15) is 0 Å². The second-order valence-electron chi connectivity index (χ2n) is 9.18. The summed E-state index contributed by atoms with van der Waals surface area (Å²) in [6.45, 7) is 3.22. The normalized spacial score (nSPS) is 11.2. The van der Waals surface area contributed by atoms with Crippen molar-refractivity contribution in [3.63, 3.8) is 0 Å². The number of quaternary nitrogens is 1. The van der Waals surface area contributed by atoms with Gasteiger partial charge in [0.2, 0.25) is 0 Å². The first kappa shape index (κ1) is 31.6. The molecular formula is C26H56BrNO. The van der Waals surface area contributed by atoms with E-state index in [-0.39, 0.29) is 17.0 Å². The highest BCUT2D eigenvalue weighted by Crippen LogP contribution is 2.15. The maximum Gasteiger partial charge on any atom is 0.106 e. The fourth-order valence-electron chi connectivity index (χ4n) is 3.99. The van der Waals surface area contributed by atoms with E-state index < -0.39 is 0 Å². The molecule has 0 aromatic heterocycles. The van der Waals surface area contributed by atoms with Gasteiger partial charge in [0, 0.05) is 0 Å². The Bertz CT molecular complexity index is 273. The van der Waals surface area contributed by atoms with Crippen LogP contribution in [-0.2, 0) is 4.84 Å². The third-order valence-corrected chi connectivity index (χ3v) is 5.89. The maximum absolute atomic E-state index is 5.50. The molecule has 0 aliphatic rings. The van der Waals surface area contributed by atoms with E-state index in [1.807, 2.05) is 14.1 Å². The van der Waals surface area contributed by atoms with E-state index in [1.165, 1.54) is 141 Å². The molecule has 29 heavy (non-hydrogen) atoms. The van der Waals surface area contributed by atoms with Crippen LogP contribution in [0, 0.1) is 0 Å². The van der Waals surface area contributed by atoms with Crippen LogP contribution in [0.4, 0.5) is 0 Å². The fraction of sp³-hybridized carbons (Fsp3) is 1.00. The minimum absolute atomic E-state index is 0. The van der Waals surface area contributed by atoms with Gasteiger partial charge in [0.15, 0.2) is 0 Å². The van der Waals surface area contributed by atoms with Crippen LogP contribution in [-0.4, -0.2) is 20.7 Å². The van der Waals surface area contributed by atoms with Gasteiger partial charge in [0.25, 0.3) is 0 Å². The standard InChI is InChI=1S/C26H55NO.BrH/c1-4-5-6-7-8-9-10-11-12-13-14-15-16-17-18-19-20-21-22-23-24-25-26-28-27(2)3;/h4-26H2,1-3H3;1H. The van der Waals surface area contributed by atoms with Gasteiger partial charge >= 0.3 is 0 Å². The van der Waals surface area contributed by atoms with Gasteiger partial charge in [0.05, 0.1) is 14.1 Å². The summed E-state index contributed by atoms with van der Waals surface area (Å²) < 4.78 is 0. The number of hydrogen-bond acceptors (Lipinski definition) is 1. The summed E-state index contributed by atoms with van der Waals surface area (Å²) in [4.78, 5) is 5.50. The van der Waals surface area contributed by atoms with Crippen molar-refractivity contribution < 1.29 is 26.9 Å². The molecule has 0 unspecified atom stereocenters. The molecule has 0 atom stereocenters. The quantitative estimate of drug-likeness (QED) is 0.157. The Labute approximate surface area is 195 Å². The van der Waals surface area contributed by atoms with Gasteiger partial charge in [0.1, 0.15) is 6.61 Å². The van der Waals surface area contributed by atoms with Crippen LogP contribution in [0.25, 0.3) is 0 Å². The molecule has 0 amide bonds. The highest BCUT2D eigenvalue weighted by molar-refractivity contribution is 4.51. The van der Waals surface area contributed by atoms with E-state index in [2.05, 4.69) is 6.92 Å². The average Bonchev–Trinajstić information content (AvgIpc) is 2.68. The van der Waals surface area contributed by atoms with Gasteiger partial charge in [-0.2, -0.15) is 5.06 Å². The Morgan fingerprint density at radius 3 is 0.897 bits per heavy atom.